The Kier molecular flexibility index (Phi) is 7.24. The first-order chi connectivity index (χ1) is 13.6. The Morgan fingerprint density at radius 2 is 1.79 bits per heavy atom. The summed E-state index contributed by atoms with van der Waals surface area (Å²) in [6, 6.07) is 5.62. The van der Waals surface area contributed by atoms with Crippen LogP contribution < -0.4 is 5.32 Å². The van der Waals surface area contributed by atoms with E-state index in [0.717, 1.165) is 18.3 Å². The summed E-state index contributed by atoms with van der Waals surface area (Å²) in [4.78, 5) is 26.6. The minimum absolute atomic E-state index is 0.0444. The van der Waals surface area contributed by atoms with Gasteiger partial charge in [0, 0.05) is 24.6 Å². The number of likely N-dealkylation sites (tertiary alicyclic amines) is 1. The van der Waals surface area contributed by atoms with Crippen LogP contribution in [-0.2, 0) is 4.79 Å². The summed E-state index contributed by atoms with van der Waals surface area (Å²) in [6.07, 6.45) is 11.5. The summed E-state index contributed by atoms with van der Waals surface area (Å²) in [5, 5.41) is 2.92. The molecule has 1 aliphatic carbocycles. The van der Waals surface area contributed by atoms with Crippen molar-refractivity contribution in [3.63, 3.8) is 0 Å². The summed E-state index contributed by atoms with van der Waals surface area (Å²) in [6.45, 7) is 3.37. The summed E-state index contributed by atoms with van der Waals surface area (Å²) in [5.74, 6) is 1.19. The first kappa shape index (κ1) is 20.6. The number of halogens is 1. The largest absolute Gasteiger partial charge is 0.339 e. The lowest BCUT2D eigenvalue weighted by atomic mass is 9.95. The van der Waals surface area contributed by atoms with Gasteiger partial charge in [0.1, 0.15) is 5.82 Å². The fourth-order valence-electron chi connectivity index (χ4n) is 4.40. The van der Waals surface area contributed by atoms with Gasteiger partial charge in [-0.05, 0) is 74.4 Å². The van der Waals surface area contributed by atoms with Gasteiger partial charge in [0.05, 0.1) is 0 Å². The smallest absolute Gasteiger partial charge is 0.253 e. The van der Waals surface area contributed by atoms with Gasteiger partial charge in [0.2, 0.25) is 5.91 Å². The number of carbonyl (C=O) groups is 2. The van der Waals surface area contributed by atoms with Crippen molar-refractivity contribution in [1.29, 1.82) is 0 Å². The molecule has 1 saturated heterocycles. The highest BCUT2D eigenvalue weighted by molar-refractivity contribution is 5.94. The molecule has 1 N–H and O–H groups in total. The molecule has 2 aliphatic rings. The number of hydrogen-bond acceptors (Lipinski definition) is 2. The zero-order valence-electron chi connectivity index (χ0n) is 16.7. The van der Waals surface area contributed by atoms with Crippen molar-refractivity contribution in [1.82, 2.24) is 10.2 Å². The van der Waals surface area contributed by atoms with Gasteiger partial charge in [-0.1, -0.05) is 25.8 Å². The van der Waals surface area contributed by atoms with E-state index in [4.69, 9.17) is 0 Å². The molecule has 1 aliphatic heterocycles. The molecule has 4 nitrogen and oxygen atoms in total. The fraction of sp³-hybridized carbons (Fsp3) is 0.565. The van der Waals surface area contributed by atoms with Gasteiger partial charge in [-0.2, -0.15) is 0 Å². The van der Waals surface area contributed by atoms with Crippen molar-refractivity contribution in [2.24, 2.45) is 17.8 Å². The van der Waals surface area contributed by atoms with Crippen LogP contribution in [0.4, 0.5) is 4.39 Å². The Labute approximate surface area is 167 Å². The van der Waals surface area contributed by atoms with Crippen molar-refractivity contribution >= 4 is 11.8 Å². The number of nitrogens with zero attached hydrogens (tertiary/aromatic N) is 1. The minimum Gasteiger partial charge on any atom is -0.339 e. The number of allylic oxidation sites excluding steroid dienone is 1. The molecule has 1 aromatic carbocycles. The van der Waals surface area contributed by atoms with Crippen LogP contribution in [0.5, 0.6) is 0 Å². The van der Waals surface area contributed by atoms with Gasteiger partial charge in [-0.3, -0.25) is 9.59 Å². The molecule has 0 radical (unpaired) electrons. The van der Waals surface area contributed by atoms with Crippen molar-refractivity contribution in [3.8, 4) is 0 Å². The van der Waals surface area contributed by atoms with E-state index >= 15 is 0 Å². The van der Waals surface area contributed by atoms with Crippen LogP contribution in [0.25, 0.3) is 0 Å². The van der Waals surface area contributed by atoms with Crippen LogP contribution in [0.3, 0.4) is 0 Å². The van der Waals surface area contributed by atoms with Gasteiger partial charge in [-0.15, -0.1) is 0 Å². The molecule has 0 aromatic heterocycles. The second kappa shape index (κ2) is 9.85. The molecule has 2 unspecified atom stereocenters. The molecule has 0 bridgehead atoms. The van der Waals surface area contributed by atoms with Crippen LogP contribution >= 0.6 is 0 Å². The SMILES string of the molecule is CCC1CCC(C/C=C\NC(=O)C2CCN(C(=O)c3ccc(F)cc3)CC2)C1. The highest BCUT2D eigenvalue weighted by Crippen LogP contribution is 2.34. The molecule has 2 atom stereocenters. The Bertz CT molecular complexity index is 693. The third kappa shape index (κ3) is 5.43. The molecule has 28 heavy (non-hydrogen) atoms. The van der Waals surface area contributed by atoms with Crippen LogP contribution in [-0.4, -0.2) is 29.8 Å². The molecule has 152 valence electrons. The predicted molar refractivity (Wildman–Crippen MR) is 108 cm³/mol. The minimum atomic E-state index is -0.349. The zero-order chi connectivity index (χ0) is 19.9. The highest BCUT2D eigenvalue weighted by Gasteiger charge is 2.27. The Balaban J connectivity index is 1.38. The maximum Gasteiger partial charge on any atom is 0.253 e. The lowest BCUT2D eigenvalue weighted by Crippen LogP contribution is -2.42. The summed E-state index contributed by atoms with van der Waals surface area (Å²) in [5.41, 5.74) is 0.490. The quantitative estimate of drug-likeness (QED) is 0.781. The van der Waals surface area contributed by atoms with Crippen LogP contribution in [0.2, 0.25) is 0 Å². The Morgan fingerprint density at radius 3 is 2.43 bits per heavy atom. The van der Waals surface area contributed by atoms with Crippen LogP contribution in [0.1, 0.15) is 62.2 Å². The number of nitrogens with one attached hydrogen (secondary N) is 1. The average molecular weight is 387 g/mol. The van der Waals surface area contributed by atoms with Crippen molar-refractivity contribution in [3.05, 3.63) is 47.9 Å². The molecule has 3 rings (SSSR count). The van der Waals surface area contributed by atoms with Gasteiger partial charge in [-0.25, -0.2) is 4.39 Å². The van der Waals surface area contributed by atoms with Gasteiger partial charge >= 0.3 is 0 Å². The average Bonchev–Trinajstić information content (AvgIpc) is 3.19. The number of amides is 2. The number of benzene rings is 1. The van der Waals surface area contributed by atoms with E-state index in [9.17, 15) is 14.0 Å². The number of carbonyl (C=O) groups excluding carboxylic acids is 2. The molecule has 5 heteroatoms. The fourth-order valence-corrected chi connectivity index (χ4v) is 4.40. The first-order valence-electron chi connectivity index (χ1n) is 10.6. The number of hydrogen-bond donors (Lipinski definition) is 1. The van der Waals surface area contributed by atoms with Gasteiger partial charge < -0.3 is 10.2 Å². The van der Waals surface area contributed by atoms with E-state index in [-0.39, 0.29) is 23.5 Å². The molecule has 0 spiro atoms. The number of rotatable bonds is 6. The first-order valence-corrected chi connectivity index (χ1v) is 10.6. The Morgan fingerprint density at radius 1 is 1.11 bits per heavy atom. The van der Waals surface area contributed by atoms with Gasteiger partial charge in [0.15, 0.2) is 0 Å². The maximum atomic E-state index is 13.0. The molecule has 1 heterocycles. The number of piperidine rings is 1. The highest BCUT2D eigenvalue weighted by atomic mass is 19.1. The lowest BCUT2D eigenvalue weighted by molar-refractivity contribution is -0.125. The molecular formula is C23H31FN2O2. The van der Waals surface area contributed by atoms with Crippen molar-refractivity contribution < 1.29 is 14.0 Å². The second-order valence-electron chi connectivity index (χ2n) is 8.17. The third-order valence-electron chi connectivity index (χ3n) is 6.28. The van der Waals surface area contributed by atoms with E-state index in [1.807, 2.05) is 0 Å². The van der Waals surface area contributed by atoms with Crippen molar-refractivity contribution in [2.45, 2.75) is 51.9 Å². The molecular weight excluding hydrogens is 355 g/mol. The second-order valence-corrected chi connectivity index (χ2v) is 8.17. The van der Waals surface area contributed by atoms with E-state index in [1.165, 1.54) is 49.9 Å². The monoisotopic (exact) mass is 386 g/mol. The van der Waals surface area contributed by atoms with E-state index < -0.39 is 0 Å². The van der Waals surface area contributed by atoms with E-state index in [0.29, 0.717) is 31.5 Å². The van der Waals surface area contributed by atoms with Crippen molar-refractivity contribution in [2.75, 3.05) is 13.1 Å². The summed E-state index contributed by atoms with van der Waals surface area (Å²) < 4.78 is 13.0. The molecule has 1 saturated carbocycles. The standard InChI is InChI=1S/C23H31FN2O2/c1-2-17-5-6-18(16-17)4-3-13-25-22(27)19-11-14-26(15-12-19)23(28)20-7-9-21(24)10-8-20/h3,7-10,13,17-19H,2,4-6,11-12,14-16H2,1H3,(H,25,27)/b13-3-. The third-order valence-corrected chi connectivity index (χ3v) is 6.28. The summed E-state index contributed by atoms with van der Waals surface area (Å²) in [7, 11) is 0. The normalized spacial score (nSPS) is 23.3. The van der Waals surface area contributed by atoms with E-state index in [1.54, 1.807) is 11.1 Å². The van der Waals surface area contributed by atoms with Gasteiger partial charge in [0.25, 0.3) is 5.91 Å². The zero-order valence-corrected chi connectivity index (χ0v) is 16.7. The lowest BCUT2D eigenvalue weighted by Gasteiger charge is -2.31. The van der Waals surface area contributed by atoms with Crippen LogP contribution in [0, 0.1) is 23.6 Å². The molecule has 2 amide bonds. The maximum absolute atomic E-state index is 13.0. The topological polar surface area (TPSA) is 49.4 Å². The Hall–Kier alpha value is -2.17. The van der Waals surface area contributed by atoms with E-state index in [2.05, 4.69) is 18.3 Å². The summed E-state index contributed by atoms with van der Waals surface area (Å²) >= 11 is 0. The van der Waals surface area contributed by atoms with Crippen LogP contribution in [0.15, 0.2) is 36.5 Å². The molecule has 1 aromatic rings. The molecule has 2 fully saturated rings. The predicted octanol–water partition coefficient (Wildman–Crippen LogP) is 4.52.